The summed E-state index contributed by atoms with van der Waals surface area (Å²) >= 11 is 0. The van der Waals surface area contributed by atoms with Crippen LogP contribution < -0.4 is 4.74 Å². The molecule has 6 heteroatoms. The van der Waals surface area contributed by atoms with E-state index < -0.39 is 0 Å². The van der Waals surface area contributed by atoms with Crippen LogP contribution in [0, 0.1) is 6.92 Å². The first-order valence-electron chi connectivity index (χ1n) is 10.1. The highest BCUT2D eigenvalue weighted by Crippen LogP contribution is 2.38. The Kier molecular flexibility index (Phi) is 5.10. The third-order valence-corrected chi connectivity index (χ3v) is 6.68. The summed E-state index contributed by atoms with van der Waals surface area (Å²) in [5.41, 5.74) is 2.57. The minimum atomic E-state index is -0.235. The fourth-order valence-electron chi connectivity index (χ4n) is 4.89. The van der Waals surface area contributed by atoms with E-state index >= 15 is 0 Å². The number of piperidine rings is 1. The average molecular weight is 386 g/mol. The molecule has 1 aromatic carbocycles. The number of methoxy groups -OCH3 is 2. The molecule has 3 heterocycles. The van der Waals surface area contributed by atoms with E-state index in [1.54, 1.807) is 14.2 Å². The van der Waals surface area contributed by atoms with Gasteiger partial charge in [-0.05, 0) is 50.8 Å². The van der Waals surface area contributed by atoms with Gasteiger partial charge in [0, 0.05) is 50.5 Å². The molecule has 6 nitrogen and oxygen atoms in total. The van der Waals surface area contributed by atoms with E-state index in [0.29, 0.717) is 13.1 Å². The summed E-state index contributed by atoms with van der Waals surface area (Å²) in [6, 6.07) is 5.92. The Balaban J connectivity index is 1.60. The molecule has 2 saturated heterocycles. The minimum Gasteiger partial charge on any atom is -0.497 e. The van der Waals surface area contributed by atoms with Gasteiger partial charge in [-0.15, -0.1) is 0 Å². The Labute approximate surface area is 166 Å². The molecule has 0 aliphatic carbocycles. The third-order valence-electron chi connectivity index (χ3n) is 6.68. The number of rotatable bonds is 3. The van der Waals surface area contributed by atoms with E-state index in [9.17, 15) is 4.79 Å². The lowest BCUT2D eigenvalue weighted by atomic mass is 9.81. The molecule has 0 bridgehead atoms. The molecule has 0 saturated carbocycles. The van der Waals surface area contributed by atoms with Crippen LogP contribution in [0.25, 0.3) is 10.9 Å². The molecule has 1 amide bonds. The smallest absolute Gasteiger partial charge is 0.256 e. The molecule has 0 radical (unpaired) electrons. The Morgan fingerprint density at radius 1 is 1.25 bits per heavy atom. The lowest BCUT2D eigenvalue weighted by molar-refractivity contribution is -0.183. The molecule has 28 heavy (non-hydrogen) atoms. The van der Waals surface area contributed by atoms with Crippen molar-refractivity contribution < 1.29 is 19.0 Å². The zero-order valence-electron chi connectivity index (χ0n) is 17.3. The highest BCUT2D eigenvalue weighted by atomic mass is 16.5. The van der Waals surface area contributed by atoms with Crippen molar-refractivity contribution in [3.8, 4) is 5.75 Å². The standard InChI is InChI=1S/C22H30N2O4/c1-15-20(17-14-16(26-3)7-8-18(17)23(15)2)21(25)24-11-9-22(10-12-24)19(27-4)6-5-13-28-22/h7-8,14,19H,5-6,9-13H2,1-4H3/t19-/m0/s1. The molecule has 0 N–H and O–H groups in total. The molecule has 1 aromatic heterocycles. The van der Waals surface area contributed by atoms with Gasteiger partial charge >= 0.3 is 0 Å². The van der Waals surface area contributed by atoms with E-state index in [-0.39, 0.29) is 17.6 Å². The lowest BCUT2D eigenvalue weighted by Gasteiger charge is -2.48. The van der Waals surface area contributed by atoms with Gasteiger partial charge in [0.2, 0.25) is 0 Å². The van der Waals surface area contributed by atoms with Crippen LogP contribution in [-0.4, -0.2) is 61.0 Å². The summed E-state index contributed by atoms with van der Waals surface area (Å²) in [5.74, 6) is 0.860. The number of nitrogens with zero attached hydrogens (tertiary/aromatic N) is 2. The van der Waals surface area contributed by atoms with Gasteiger partial charge in [0.05, 0.1) is 24.4 Å². The zero-order chi connectivity index (χ0) is 19.9. The number of aryl methyl sites for hydroxylation is 1. The van der Waals surface area contributed by atoms with Crippen LogP contribution in [0.5, 0.6) is 5.75 Å². The van der Waals surface area contributed by atoms with E-state index in [2.05, 4.69) is 4.57 Å². The second kappa shape index (κ2) is 7.41. The maximum Gasteiger partial charge on any atom is 0.256 e. The minimum absolute atomic E-state index is 0.0935. The first-order chi connectivity index (χ1) is 13.5. The van der Waals surface area contributed by atoms with Gasteiger partial charge in [0.25, 0.3) is 5.91 Å². The number of likely N-dealkylation sites (tertiary alicyclic amines) is 1. The summed E-state index contributed by atoms with van der Waals surface area (Å²) in [7, 11) is 5.43. The SMILES string of the molecule is COc1ccc2c(c1)c(C(=O)N1CCC3(CC1)OCCC[C@@H]3OC)c(C)n2C. The monoisotopic (exact) mass is 386 g/mol. The van der Waals surface area contributed by atoms with Crippen LogP contribution in [0.2, 0.25) is 0 Å². The summed E-state index contributed by atoms with van der Waals surface area (Å²) in [6.45, 7) is 4.18. The van der Waals surface area contributed by atoms with Crippen LogP contribution in [0.15, 0.2) is 18.2 Å². The summed E-state index contributed by atoms with van der Waals surface area (Å²) in [4.78, 5) is 15.4. The maximum absolute atomic E-state index is 13.5. The van der Waals surface area contributed by atoms with Crippen LogP contribution in [0.1, 0.15) is 41.7 Å². The molecule has 1 spiro atoms. The summed E-state index contributed by atoms with van der Waals surface area (Å²) in [6.07, 6.45) is 3.85. The molecule has 4 rings (SSSR count). The molecule has 2 aliphatic heterocycles. The molecule has 2 aromatic rings. The van der Waals surface area contributed by atoms with Crippen LogP contribution in [-0.2, 0) is 16.5 Å². The number of hydrogen-bond acceptors (Lipinski definition) is 4. The number of carbonyl (C=O) groups excluding carboxylic acids is 1. The fourth-order valence-corrected chi connectivity index (χ4v) is 4.89. The van der Waals surface area contributed by atoms with Crippen LogP contribution in [0.3, 0.4) is 0 Å². The number of fused-ring (bicyclic) bond motifs is 1. The van der Waals surface area contributed by atoms with Gasteiger partial charge in [-0.2, -0.15) is 0 Å². The molecule has 2 aliphatic rings. The van der Waals surface area contributed by atoms with Gasteiger partial charge in [-0.3, -0.25) is 4.79 Å². The van der Waals surface area contributed by atoms with Crippen molar-refractivity contribution in [1.82, 2.24) is 9.47 Å². The van der Waals surface area contributed by atoms with Crippen molar-refractivity contribution in [2.45, 2.75) is 44.3 Å². The maximum atomic E-state index is 13.5. The number of hydrogen-bond donors (Lipinski definition) is 0. The topological polar surface area (TPSA) is 52.9 Å². The van der Waals surface area contributed by atoms with Gasteiger partial charge in [0.15, 0.2) is 0 Å². The van der Waals surface area contributed by atoms with Gasteiger partial charge < -0.3 is 23.7 Å². The van der Waals surface area contributed by atoms with Gasteiger partial charge in [0.1, 0.15) is 5.75 Å². The molecule has 2 fully saturated rings. The summed E-state index contributed by atoms with van der Waals surface area (Å²) < 4.78 is 19.4. The van der Waals surface area contributed by atoms with Crippen molar-refractivity contribution in [3.63, 3.8) is 0 Å². The molecule has 1 atom stereocenters. The quantitative estimate of drug-likeness (QED) is 0.812. The number of ether oxygens (including phenoxy) is 3. The molecular formula is C22H30N2O4. The lowest BCUT2D eigenvalue weighted by Crippen LogP contribution is -2.56. The van der Waals surface area contributed by atoms with Gasteiger partial charge in [-0.1, -0.05) is 0 Å². The highest BCUT2D eigenvalue weighted by molar-refractivity contribution is 6.08. The Morgan fingerprint density at radius 3 is 2.68 bits per heavy atom. The first-order valence-corrected chi connectivity index (χ1v) is 10.1. The van der Waals surface area contributed by atoms with Crippen molar-refractivity contribution in [2.24, 2.45) is 7.05 Å². The molecule has 0 unspecified atom stereocenters. The largest absolute Gasteiger partial charge is 0.497 e. The van der Waals surface area contributed by atoms with E-state index in [1.807, 2.05) is 37.1 Å². The second-order valence-electron chi connectivity index (χ2n) is 7.97. The third kappa shape index (κ3) is 2.99. The summed E-state index contributed by atoms with van der Waals surface area (Å²) in [5, 5.41) is 0.952. The van der Waals surface area contributed by atoms with Crippen LogP contribution >= 0.6 is 0 Å². The van der Waals surface area contributed by atoms with Crippen molar-refractivity contribution in [3.05, 3.63) is 29.5 Å². The highest BCUT2D eigenvalue weighted by Gasteiger charge is 2.45. The molecule has 152 valence electrons. The van der Waals surface area contributed by atoms with Crippen LogP contribution in [0.4, 0.5) is 0 Å². The van der Waals surface area contributed by atoms with Crippen molar-refractivity contribution >= 4 is 16.8 Å². The van der Waals surface area contributed by atoms with Crippen molar-refractivity contribution in [2.75, 3.05) is 33.9 Å². The normalized spacial score (nSPS) is 22.0. The Morgan fingerprint density at radius 2 is 2.00 bits per heavy atom. The predicted molar refractivity (Wildman–Crippen MR) is 108 cm³/mol. The Bertz CT molecular complexity index is 880. The zero-order valence-corrected chi connectivity index (χ0v) is 17.3. The average Bonchev–Trinajstić information content (AvgIpc) is 2.98. The number of aromatic nitrogens is 1. The van der Waals surface area contributed by atoms with Gasteiger partial charge in [-0.25, -0.2) is 0 Å². The predicted octanol–water partition coefficient (Wildman–Crippen LogP) is 3.30. The number of benzene rings is 1. The fraction of sp³-hybridized carbons (Fsp3) is 0.591. The second-order valence-corrected chi connectivity index (χ2v) is 7.97. The van der Waals surface area contributed by atoms with E-state index in [0.717, 1.165) is 60.2 Å². The van der Waals surface area contributed by atoms with Crippen molar-refractivity contribution in [1.29, 1.82) is 0 Å². The Hall–Kier alpha value is -2.05. The number of carbonyl (C=O) groups is 1. The molecular weight excluding hydrogens is 356 g/mol. The first kappa shape index (κ1) is 19.3. The van der Waals surface area contributed by atoms with E-state index in [4.69, 9.17) is 14.2 Å². The van der Waals surface area contributed by atoms with E-state index in [1.165, 1.54) is 0 Å². The number of amides is 1.